The van der Waals surface area contributed by atoms with Crippen molar-refractivity contribution in [2.45, 2.75) is 0 Å². The second kappa shape index (κ2) is 6.85. The molecule has 0 saturated heterocycles. The topological polar surface area (TPSA) is 74.6 Å². The van der Waals surface area contributed by atoms with E-state index in [0.29, 0.717) is 12.2 Å². The van der Waals surface area contributed by atoms with E-state index in [1.165, 1.54) is 0 Å². The van der Waals surface area contributed by atoms with Crippen LogP contribution in [0, 0.1) is 0 Å². The molecule has 0 radical (unpaired) electrons. The number of carboxylic acids is 2. The van der Waals surface area contributed by atoms with E-state index in [2.05, 4.69) is 0 Å². The van der Waals surface area contributed by atoms with Gasteiger partial charge < -0.3 is 11.6 Å². The first-order valence-corrected chi connectivity index (χ1v) is 1.77. The number of hydrogen-bond acceptors (Lipinski definition) is 2. The first-order chi connectivity index (χ1) is 3.63. The zero-order valence-corrected chi connectivity index (χ0v) is 11.1. The molecule has 0 amide bonds. The van der Waals surface area contributed by atoms with Crippen LogP contribution in [0.4, 0.5) is 0 Å². The SMILES string of the molecule is O=C(O)C=CC(=O)O.[Cs+].[H-]. The molecule has 0 aliphatic carbocycles. The summed E-state index contributed by atoms with van der Waals surface area (Å²) in [5.41, 5.74) is 0. The molecule has 0 unspecified atom stereocenters. The predicted molar refractivity (Wildman–Crippen MR) is 25.5 cm³/mol. The molecule has 0 fully saturated rings. The summed E-state index contributed by atoms with van der Waals surface area (Å²) < 4.78 is 0. The van der Waals surface area contributed by atoms with Gasteiger partial charge in [0.15, 0.2) is 0 Å². The summed E-state index contributed by atoms with van der Waals surface area (Å²) in [6.07, 6.45) is 1.12. The summed E-state index contributed by atoms with van der Waals surface area (Å²) in [7, 11) is 0. The summed E-state index contributed by atoms with van der Waals surface area (Å²) in [6.45, 7) is 0. The molecule has 4 nitrogen and oxygen atoms in total. The zero-order valence-electron chi connectivity index (χ0n) is 5.87. The first kappa shape index (κ1) is 12.4. The van der Waals surface area contributed by atoms with E-state index >= 15 is 0 Å². The third kappa shape index (κ3) is 12.0. The molecule has 0 aromatic heterocycles. The van der Waals surface area contributed by atoms with Crippen molar-refractivity contribution in [1.82, 2.24) is 0 Å². The second-order valence-electron chi connectivity index (χ2n) is 1.01. The van der Waals surface area contributed by atoms with E-state index < -0.39 is 11.9 Å². The van der Waals surface area contributed by atoms with E-state index in [0.717, 1.165) is 0 Å². The predicted octanol–water partition coefficient (Wildman–Crippen LogP) is -3.17. The molecule has 0 rings (SSSR count). The van der Waals surface area contributed by atoms with Gasteiger partial charge in [-0.15, -0.1) is 0 Å². The molecule has 0 spiro atoms. The first-order valence-electron chi connectivity index (χ1n) is 1.77. The van der Waals surface area contributed by atoms with Crippen LogP contribution >= 0.6 is 0 Å². The van der Waals surface area contributed by atoms with E-state index in [-0.39, 0.29) is 70.3 Å². The van der Waals surface area contributed by atoms with Crippen molar-refractivity contribution in [3.8, 4) is 0 Å². The summed E-state index contributed by atoms with van der Waals surface area (Å²) in [5, 5.41) is 15.6. The molecule has 0 aromatic rings. The Morgan fingerprint density at radius 3 is 1.44 bits per heavy atom. The van der Waals surface area contributed by atoms with Crippen LogP contribution in [0.3, 0.4) is 0 Å². The van der Waals surface area contributed by atoms with Gasteiger partial charge >= 0.3 is 80.8 Å². The van der Waals surface area contributed by atoms with Crippen molar-refractivity contribution in [3.63, 3.8) is 0 Å². The third-order valence-electron chi connectivity index (χ3n) is 0.368. The van der Waals surface area contributed by atoms with Crippen molar-refractivity contribution in [2.75, 3.05) is 0 Å². The molecule has 0 saturated carbocycles. The Bertz CT molecular complexity index is 128. The number of carboxylic acid groups (broad SMARTS) is 2. The van der Waals surface area contributed by atoms with Crippen molar-refractivity contribution >= 4 is 11.9 Å². The Morgan fingerprint density at radius 2 is 1.33 bits per heavy atom. The maximum atomic E-state index is 9.55. The molecular weight excluding hydrogens is 245 g/mol. The molecule has 0 aliphatic heterocycles. The van der Waals surface area contributed by atoms with E-state index in [1.807, 2.05) is 0 Å². The van der Waals surface area contributed by atoms with Crippen LogP contribution in [-0.4, -0.2) is 22.2 Å². The van der Waals surface area contributed by atoms with Crippen molar-refractivity contribution in [2.24, 2.45) is 0 Å². The van der Waals surface area contributed by atoms with Gasteiger partial charge in [0.05, 0.1) is 0 Å². The quantitative estimate of drug-likeness (QED) is 0.507. The van der Waals surface area contributed by atoms with Crippen LogP contribution in [0.1, 0.15) is 1.43 Å². The number of aliphatic carboxylic acids is 2. The molecule has 2 N–H and O–H groups in total. The summed E-state index contributed by atoms with van der Waals surface area (Å²) in [6, 6.07) is 0. The van der Waals surface area contributed by atoms with Gasteiger partial charge in [-0.05, 0) is 0 Å². The maximum absolute atomic E-state index is 9.55. The molecule has 0 heterocycles. The molecule has 0 aliphatic rings. The van der Waals surface area contributed by atoms with E-state index in [1.54, 1.807) is 0 Å². The Hall–Kier alpha value is 0.732. The fraction of sp³-hybridized carbons (Fsp3) is 0. The average Bonchev–Trinajstić information content (AvgIpc) is 1.61. The van der Waals surface area contributed by atoms with Crippen LogP contribution in [0.15, 0.2) is 12.2 Å². The van der Waals surface area contributed by atoms with E-state index in [4.69, 9.17) is 10.2 Å². The maximum Gasteiger partial charge on any atom is 1.00 e. The standard InChI is InChI=1S/C4H4O4.Cs.H/c5-3(6)1-2-4(7)8;;/h1-2H,(H,5,6)(H,7,8);;/q;+1;-1. The molecular formula is C4H5CsO4. The van der Waals surface area contributed by atoms with Gasteiger partial charge in [0.2, 0.25) is 0 Å². The van der Waals surface area contributed by atoms with Gasteiger partial charge in [0.1, 0.15) is 0 Å². The van der Waals surface area contributed by atoms with Gasteiger partial charge in [-0.3, -0.25) is 0 Å². The van der Waals surface area contributed by atoms with Gasteiger partial charge in [0.25, 0.3) is 0 Å². The normalized spacial score (nSPS) is 8.44. The summed E-state index contributed by atoms with van der Waals surface area (Å²) >= 11 is 0. The Balaban J connectivity index is -0.000000245. The molecule has 0 aromatic carbocycles. The molecule has 0 atom stereocenters. The summed E-state index contributed by atoms with van der Waals surface area (Å²) in [4.78, 5) is 19.1. The fourth-order valence-corrected chi connectivity index (χ4v) is 0.143. The van der Waals surface area contributed by atoms with Gasteiger partial charge in [-0.1, -0.05) is 0 Å². The van der Waals surface area contributed by atoms with Crippen LogP contribution in [0.5, 0.6) is 0 Å². The van der Waals surface area contributed by atoms with Crippen molar-refractivity contribution in [1.29, 1.82) is 0 Å². The van der Waals surface area contributed by atoms with Crippen molar-refractivity contribution in [3.05, 3.63) is 12.2 Å². The Morgan fingerprint density at radius 1 is 1.11 bits per heavy atom. The minimum Gasteiger partial charge on any atom is -1.00 e. The minimum atomic E-state index is -1.26. The average molecular weight is 250 g/mol. The fourth-order valence-electron chi connectivity index (χ4n) is 0.143. The van der Waals surface area contributed by atoms with Gasteiger partial charge in [-0.2, -0.15) is 0 Å². The molecule has 5 heteroatoms. The number of hydrogen-bond donors (Lipinski definition) is 2. The molecule has 0 bridgehead atoms. The molecule has 46 valence electrons. The Kier molecular flexibility index (Phi) is 9.44. The third-order valence-corrected chi connectivity index (χ3v) is 0.368. The van der Waals surface area contributed by atoms with E-state index in [9.17, 15) is 9.59 Å². The smallest absolute Gasteiger partial charge is 1.00 e. The summed E-state index contributed by atoms with van der Waals surface area (Å²) in [5.74, 6) is -2.51. The van der Waals surface area contributed by atoms with Crippen LogP contribution in [0.25, 0.3) is 0 Å². The number of carbonyl (C=O) groups is 2. The van der Waals surface area contributed by atoms with Crippen LogP contribution < -0.4 is 68.9 Å². The Labute approximate surface area is 112 Å². The monoisotopic (exact) mass is 250 g/mol. The molecule has 9 heavy (non-hydrogen) atoms. The van der Waals surface area contributed by atoms with Gasteiger partial charge in [0, 0.05) is 12.2 Å². The largest absolute Gasteiger partial charge is 1.00 e. The van der Waals surface area contributed by atoms with Crippen molar-refractivity contribution < 1.29 is 90.1 Å². The van der Waals surface area contributed by atoms with Gasteiger partial charge in [-0.25, -0.2) is 9.59 Å². The number of rotatable bonds is 2. The second-order valence-corrected chi connectivity index (χ2v) is 1.01. The minimum absolute atomic E-state index is 0. The zero-order chi connectivity index (χ0) is 6.57. The van der Waals surface area contributed by atoms with Crippen LogP contribution in [-0.2, 0) is 9.59 Å². The van der Waals surface area contributed by atoms with Crippen LogP contribution in [0.2, 0.25) is 0 Å².